The number of unbranched alkanes of at least 4 members (excludes halogenated alkanes) is 15. The highest BCUT2D eigenvalue weighted by atomic mass is 16.3. The number of allylic oxidation sites excluding steroid dienone is 6. The van der Waals surface area contributed by atoms with Crippen LogP contribution in [0.4, 0.5) is 0 Å². The van der Waals surface area contributed by atoms with E-state index in [-0.39, 0.29) is 5.91 Å². The van der Waals surface area contributed by atoms with Gasteiger partial charge in [0.05, 0.1) is 18.8 Å². The average molecular weight is 564 g/mol. The van der Waals surface area contributed by atoms with Crippen LogP contribution in [0.25, 0.3) is 0 Å². The van der Waals surface area contributed by atoms with Gasteiger partial charge in [-0.15, -0.1) is 0 Å². The molecule has 0 aromatic heterocycles. The van der Waals surface area contributed by atoms with E-state index < -0.39 is 24.9 Å². The molecule has 0 fully saturated rings. The SMILES string of the molecule is CCCCCC/C=C\CCCC(=O)NC(CO)C(O)C(O)CCC/C=C/CC/C=C/CCCCCCCCCC. The first-order valence-electron chi connectivity index (χ1n) is 16.8. The van der Waals surface area contributed by atoms with Gasteiger partial charge in [0.25, 0.3) is 0 Å². The van der Waals surface area contributed by atoms with Gasteiger partial charge in [0, 0.05) is 6.42 Å². The van der Waals surface area contributed by atoms with Crippen LogP contribution in [0.1, 0.15) is 155 Å². The van der Waals surface area contributed by atoms with E-state index in [1.807, 2.05) is 0 Å². The van der Waals surface area contributed by atoms with E-state index in [2.05, 4.69) is 55.6 Å². The van der Waals surface area contributed by atoms with E-state index in [1.54, 1.807) is 0 Å². The summed E-state index contributed by atoms with van der Waals surface area (Å²) in [7, 11) is 0. The van der Waals surface area contributed by atoms with Crippen LogP contribution in [0.2, 0.25) is 0 Å². The van der Waals surface area contributed by atoms with Gasteiger partial charge < -0.3 is 20.6 Å². The number of carbonyl (C=O) groups is 1. The lowest BCUT2D eigenvalue weighted by Crippen LogP contribution is -2.50. The molecule has 0 aliphatic rings. The maximum atomic E-state index is 12.2. The predicted molar refractivity (Wildman–Crippen MR) is 171 cm³/mol. The van der Waals surface area contributed by atoms with Crippen molar-refractivity contribution in [3.8, 4) is 0 Å². The van der Waals surface area contributed by atoms with Crippen molar-refractivity contribution in [1.82, 2.24) is 5.32 Å². The standard InChI is InChI=1S/C35H65NO4/c1-3-5-7-9-11-13-14-15-16-17-18-19-20-22-23-25-27-29-33(38)35(40)32(31-37)36-34(39)30-28-26-24-21-12-10-8-6-4-2/h17-18,21-24,32-33,35,37-38,40H,3-16,19-20,25-31H2,1-2H3,(H,36,39)/b18-17+,23-22+,24-21-. The van der Waals surface area contributed by atoms with Crippen LogP contribution >= 0.6 is 0 Å². The number of aliphatic hydroxyl groups excluding tert-OH is 3. The second-order valence-electron chi connectivity index (χ2n) is 11.3. The molecule has 0 aromatic carbocycles. The molecule has 40 heavy (non-hydrogen) atoms. The third kappa shape index (κ3) is 25.5. The van der Waals surface area contributed by atoms with Crippen LogP contribution < -0.4 is 5.32 Å². The lowest BCUT2D eigenvalue weighted by molar-refractivity contribution is -0.124. The Labute approximate surface area is 247 Å². The second-order valence-corrected chi connectivity index (χ2v) is 11.3. The number of hydrogen-bond donors (Lipinski definition) is 4. The minimum Gasteiger partial charge on any atom is -0.394 e. The fourth-order valence-electron chi connectivity index (χ4n) is 4.77. The summed E-state index contributed by atoms with van der Waals surface area (Å²) in [5, 5.41) is 33.1. The number of nitrogens with one attached hydrogen (secondary N) is 1. The molecule has 0 aliphatic heterocycles. The summed E-state index contributed by atoms with van der Waals surface area (Å²) in [6, 6.07) is -0.843. The summed E-state index contributed by atoms with van der Waals surface area (Å²) in [6.07, 6.45) is 35.3. The Morgan fingerprint density at radius 2 is 1.02 bits per heavy atom. The van der Waals surface area contributed by atoms with Gasteiger partial charge in [-0.2, -0.15) is 0 Å². The largest absolute Gasteiger partial charge is 0.394 e. The maximum Gasteiger partial charge on any atom is 0.220 e. The summed E-state index contributed by atoms with van der Waals surface area (Å²) >= 11 is 0. The van der Waals surface area contributed by atoms with Gasteiger partial charge in [-0.25, -0.2) is 0 Å². The van der Waals surface area contributed by atoms with Gasteiger partial charge in [0.1, 0.15) is 6.10 Å². The zero-order chi connectivity index (χ0) is 29.5. The van der Waals surface area contributed by atoms with Gasteiger partial charge in [0.2, 0.25) is 5.91 Å². The van der Waals surface area contributed by atoms with Crippen molar-refractivity contribution in [2.75, 3.05) is 6.61 Å². The molecule has 3 unspecified atom stereocenters. The first-order chi connectivity index (χ1) is 19.6. The first-order valence-corrected chi connectivity index (χ1v) is 16.8. The summed E-state index contributed by atoms with van der Waals surface area (Å²) in [6.45, 7) is 4.08. The van der Waals surface area contributed by atoms with E-state index in [4.69, 9.17) is 0 Å². The summed E-state index contributed by atoms with van der Waals surface area (Å²) < 4.78 is 0. The normalized spacial score (nSPS) is 14.4. The number of carbonyl (C=O) groups excluding carboxylic acids is 1. The topological polar surface area (TPSA) is 89.8 Å². The Bertz CT molecular complexity index is 631. The number of amides is 1. The second kappa shape index (κ2) is 30.5. The van der Waals surface area contributed by atoms with Crippen molar-refractivity contribution in [3.63, 3.8) is 0 Å². The van der Waals surface area contributed by atoms with Crippen molar-refractivity contribution in [1.29, 1.82) is 0 Å². The zero-order valence-electron chi connectivity index (χ0n) is 26.2. The van der Waals surface area contributed by atoms with E-state index in [0.29, 0.717) is 12.8 Å². The molecule has 0 heterocycles. The zero-order valence-corrected chi connectivity index (χ0v) is 26.2. The van der Waals surface area contributed by atoms with Gasteiger partial charge in [-0.05, 0) is 70.6 Å². The lowest BCUT2D eigenvalue weighted by Gasteiger charge is -2.26. The molecule has 234 valence electrons. The van der Waals surface area contributed by atoms with E-state index in [9.17, 15) is 20.1 Å². The molecule has 0 saturated carbocycles. The molecule has 0 spiro atoms. The Kier molecular flexibility index (Phi) is 29.4. The molecule has 5 nitrogen and oxygen atoms in total. The fourth-order valence-corrected chi connectivity index (χ4v) is 4.77. The number of hydrogen-bond acceptors (Lipinski definition) is 4. The highest BCUT2D eigenvalue weighted by molar-refractivity contribution is 5.76. The van der Waals surface area contributed by atoms with Crippen LogP contribution in [0, 0.1) is 0 Å². The molecule has 5 heteroatoms. The smallest absolute Gasteiger partial charge is 0.220 e. The molecule has 4 N–H and O–H groups in total. The molecule has 0 aliphatic carbocycles. The Morgan fingerprint density at radius 1 is 0.600 bits per heavy atom. The Balaban J connectivity index is 3.83. The van der Waals surface area contributed by atoms with Crippen molar-refractivity contribution in [2.45, 2.75) is 173 Å². The predicted octanol–water partition coefficient (Wildman–Crippen LogP) is 8.48. The summed E-state index contributed by atoms with van der Waals surface area (Å²) in [5.41, 5.74) is 0. The maximum absolute atomic E-state index is 12.2. The average Bonchev–Trinajstić information content (AvgIpc) is 2.96. The first kappa shape index (κ1) is 38.6. The minimum atomic E-state index is -1.17. The number of rotatable bonds is 29. The molecule has 0 bridgehead atoms. The molecule has 1 amide bonds. The van der Waals surface area contributed by atoms with E-state index in [0.717, 1.165) is 44.9 Å². The van der Waals surface area contributed by atoms with Crippen molar-refractivity contribution >= 4 is 5.91 Å². The van der Waals surface area contributed by atoms with Crippen LogP contribution in [-0.4, -0.2) is 46.1 Å². The van der Waals surface area contributed by atoms with Gasteiger partial charge in [-0.1, -0.05) is 115 Å². The Morgan fingerprint density at radius 3 is 1.55 bits per heavy atom. The van der Waals surface area contributed by atoms with Gasteiger partial charge in [0.15, 0.2) is 0 Å². The third-order valence-corrected chi connectivity index (χ3v) is 7.44. The fraction of sp³-hybridized carbons (Fsp3) is 0.800. The lowest BCUT2D eigenvalue weighted by atomic mass is 10.0. The molecule has 0 rings (SSSR count). The van der Waals surface area contributed by atoms with Gasteiger partial charge in [-0.3, -0.25) is 4.79 Å². The van der Waals surface area contributed by atoms with Crippen molar-refractivity contribution in [2.24, 2.45) is 0 Å². The summed E-state index contributed by atoms with van der Waals surface area (Å²) in [5.74, 6) is -0.198. The molecule has 3 atom stereocenters. The van der Waals surface area contributed by atoms with E-state index >= 15 is 0 Å². The Hall–Kier alpha value is -1.43. The van der Waals surface area contributed by atoms with E-state index in [1.165, 1.54) is 83.5 Å². The minimum absolute atomic E-state index is 0.198. The van der Waals surface area contributed by atoms with Crippen LogP contribution in [0.5, 0.6) is 0 Å². The van der Waals surface area contributed by atoms with Crippen molar-refractivity contribution < 1.29 is 20.1 Å². The summed E-state index contributed by atoms with van der Waals surface area (Å²) in [4.78, 5) is 12.2. The number of aliphatic hydroxyl groups is 3. The third-order valence-electron chi connectivity index (χ3n) is 7.44. The molecule has 0 saturated heterocycles. The quantitative estimate of drug-likeness (QED) is 0.0543. The van der Waals surface area contributed by atoms with Crippen molar-refractivity contribution in [3.05, 3.63) is 36.5 Å². The molecular weight excluding hydrogens is 498 g/mol. The monoisotopic (exact) mass is 563 g/mol. The van der Waals surface area contributed by atoms with Gasteiger partial charge >= 0.3 is 0 Å². The molecular formula is C35H65NO4. The van der Waals surface area contributed by atoms with Crippen LogP contribution in [-0.2, 0) is 4.79 Å². The highest BCUT2D eigenvalue weighted by Gasteiger charge is 2.26. The van der Waals surface area contributed by atoms with Crippen LogP contribution in [0.15, 0.2) is 36.5 Å². The van der Waals surface area contributed by atoms with Crippen LogP contribution in [0.3, 0.4) is 0 Å². The molecule has 0 radical (unpaired) electrons. The molecule has 0 aromatic rings. The highest BCUT2D eigenvalue weighted by Crippen LogP contribution is 2.12.